The standard InChI is InChI=1S/C14H22N2OS3/c1-13(2)9-4-5-14(3,10(13)8-9)20-12-16-15-11(19-12)18-7-6-17/h9-10,17H,4-8H2,1-3H3. The van der Waals surface area contributed by atoms with Gasteiger partial charge in [0.15, 0.2) is 8.68 Å². The molecule has 0 radical (unpaired) electrons. The Bertz CT molecular complexity index is 489. The number of hydrogen-bond donors (Lipinski definition) is 1. The first-order valence-electron chi connectivity index (χ1n) is 7.22. The van der Waals surface area contributed by atoms with E-state index >= 15 is 0 Å². The van der Waals surface area contributed by atoms with E-state index in [1.54, 1.807) is 23.1 Å². The average Bonchev–Trinajstić information content (AvgIpc) is 2.82. The second-order valence-electron chi connectivity index (χ2n) is 6.67. The first kappa shape index (κ1) is 15.1. The van der Waals surface area contributed by atoms with Crippen LogP contribution >= 0.6 is 34.9 Å². The van der Waals surface area contributed by atoms with Crippen molar-refractivity contribution in [2.75, 3.05) is 12.4 Å². The molecule has 3 nitrogen and oxygen atoms in total. The normalized spacial score (nSPS) is 34.8. The summed E-state index contributed by atoms with van der Waals surface area (Å²) in [7, 11) is 0. The third kappa shape index (κ3) is 2.53. The molecule has 0 amide bonds. The van der Waals surface area contributed by atoms with Crippen molar-refractivity contribution in [2.24, 2.45) is 17.3 Å². The topological polar surface area (TPSA) is 46.0 Å². The van der Waals surface area contributed by atoms with E-state index < -0.39 is 0 Å². The predicted molar refractivity (Wildman–Crippen MR) is 86.6 cm³/mol. The van der Waals surface area contributed by atoms with Crippen LogP contribution in [0.1, 0.15) is 40.0 Å². The van der Waals surface area contributed by atoms with Crippen molar-refractivity contribution in [1.29, 1.82) is 0 Å². The minimum Gasteiger partial charge on any atom is -0.396 e. The van der Waals surface area contributed by atoms with Crippen molar-refractivity contribution in [2.45, 2.75) is 53.5 Å². The maximum Gasteiger partial charge on any atom is 0.175 e. The molecule has 0 spiro atoms. The fourth-order valence-corrected chi connectivity index (χ4v) is 7.70. The lowest BCUT2D eigenvalue weighted by molar-refractivity contribution is -0.0851. The summed E-state index contributed by atoms with van der Waals surface area (Å²) in [4.78, 5) is 0. The molecule has 3 saturated carbocycles. The minimum atomic E-state index is 0.197. The van der Waals surface area contributed by atoms with Crippen LogP contribution in [0.5, 0.6) is 0 Å². The van der Waals surface area contributed by atoms with Crippen LogP contribution in [0.4, 0.5) is 0 Å². The largest absolute Gasteiger partial charge is 0.396 e. The summed E-state index contributed by atoms with van der Waals surface area (Å²) >= 11 is 5.21. The molecule has 3 aliphatic carbocycles. The smallest absolute Gasteiger partial charge is 0.175 e. The highest BCUT2D eigenvalue weighted by molar-refractivity contribution is 8.04. The van der Waals surface area contributed by atoms with Crippen LogP contribution in [0, 0.1) is 17.3 Å². The number of fused-ring (bicyclic) bond motifs is 2. The number of aromatic nitrogens is 2. The lowest BCUT2D eigenvalue weighted by Gasteiger charge is -2.64. The Hall–Kier alpha value is 0.220. The van der Waals surface area contributed by atoms with Crippen LogP contribution in [-0.2, 0) is 0 Å². The van der Waals surface area contributed by atoms with Crippen LogP contribution < -0.4 is 0 Å². The van der Waals surface area contributed by atoms with E-state index in [9.17, 15) is 0 Å². The zero-order valence-corrected chi connectivity index (χ0v) is 14.7. The minimum absolute atomic E-state index is 0.197. The van der Waals surface area contributed by atoms with Gasteiger partial charge in [-0.05, 0) is 43.4 Å². The third-order valence-corrected chi connectivity index (χ3v) is 8.76. The summed E-state index contributed by atoms with van der Waals surface area (Å²) in [5, 5.41) is 17.4. The van der Waals surface area contributed by atoms with E-state index in [0.717, 1.165) is 20.5 Å². The van der Waals surface area contributed by atoms with Crippen LogP contribution in [0.3, 0.4) is 0 Å². The molecular weight excluding hydrogens is 308 g/mol. The number of nitrogens with zero attached hydrogens (tertiary/aromatic N) is 2. The highest BCUT2D eigenvalue weighted by Gasteiger charge is 2.59. The number of rotatable bonds is 5. The summed E-state index contributed by atoms with van der Waals surface area (Å²) in [6.45, 7) is 7.49. The second-order valence-corrected chi connectivity index (χ2v) is 10.8. The van der Waals surface area contributed by atoms with Gasteiger partial charge in [0.2, 0.25) is 0 Å². The molecule has 3 aliphatic rings. The van der Waals surface area contributed by atoms with Gasteiger partial charge in [0.25, 0.3) is 0 Å². The third-order valence-electron chi connectivity index (χ3n) is 5.22. The zero-order valence-electron chi connectivity index (χ0n) is 12.3. The molecule has 3 fully saturated rings. The molecule has 1 N–H and O–H groups in total. The van der Waals surface area contributed by atoms with Gasteiger partial charge in [0.1, 0.15) is 0 Å². The lowest BCUT2D eigenvalue weighted by atomic mass is 9.45. The van der Waals surface area contributed by atoms with Gasteiger partial charge in [-0.3, -0.25) is 0 Å². The Balaban J connectivity index is 1.69. The summed E-state index contributed by atoms with van der Waals surface area (Å²) in [5.41, 5.74) is 0.499. The van der Waals surface area contributed by atoms with Crippen molar-refractivity contribution in [3.8, 4) is 0 Å². The summed E-state index contributed by atoms with van der Waals surface area (Å²) in [6, 6.07) is 0. The molecule has 1 heterocycles. The molecular formula is C14H22N2OS3. The highest BCUT2D eigenvalue weighted by Crippen LogP contribution is 2.67. The molecule has 0 aliphatic heterocycles. The molecule has 112 valence electrons. The van der Waals surface area contributed by atoms with Gasteiger partial charge in [0.05, 0.1) is 6.61 Å². The Morgan fingerprint density at radius 3 is 2.70 bits per heavy atom. The monoisotopic (exact) mass is 330 g/mol. The Morgan fingerprint density at radius 2 is 2.05 bits per heavy atom. The predicted octanol–water partition coefficient (Wildman–Crippen LogP) is 3.93. The van der Waals surface area contributed by atoms with Crippen LogP contribution in [0.25, 0.3) is 0 Å². The molecule has 20 heavy (non-hydrogen) atoms. The number of aliphatic hydroxyl groups excluding tert-OH is 1. The second kappa shape index (κ2) is 5.45. The SMILES string of the molecule is CC1(Sc2nnc(SCCO)s2)CCC2CC1C2(C)C. The Kier molecular flexibility index (Phi) is 4.12. The molecule has 2 bridgehead atoms. The molecule has 3 atom stereocenters. The lowest BCUT2D eigenvalue weighted by Crippen LogP contribution is -2.58. The van der Waals surface area contributed by atoms with Gasteiger partial charge in [-0.1, -0.05) is 48.7 Å². The van der Waals surface area contributed by atoms with E-state index in [1.165, 1.54) is 19.3 Å². The van der Waals surface area contributed by atoms with Crippen molar-refractivity contribution in [3.63, 3.8) is 0 Å². The van der Waals surface area contributed by atoms with Gasteiger partial charge >= 0.3 is 0 Å². The van der Waals surface area contributed by atoms with Crippen molar-refractivity contribution in [3.05, 3.63) is 0 Å². The van der Waals surface area contributed by atoms with Crippen LogP contribution in [0.15, 0.2) is 8.68 Å². The quantitative estimate of drug-likeness (QED) is 0.829. The molecule has 6 heteroatoms. The number of aliphatic hydroxyl groups is 1. The molecule has 0 aromatic carbocycles. The summed E-state index contributed by atoms with van der Waals surface area (Å²) < 4.78 is 2.39. The van der Waals surface area contributed by atoms with Gasteiger partial charge in [0, 0.05) is 10.5 Å². The van der Waals surface area contributed by atoms with Crippen molar-refractivity contribution >= 4 is 34.9 Å². The van der Waals surface area contributed by atoms with E-state index in [2.05, 4.69) is 31.0 Å². The number of hydrogen-bond acceptors (Lipinski definition) is 6. The van der Waals surface area contributed by atoms with Gasteiger partial charge in [-0.15, -0.1) is 10.2 Å². The van der Waals surface area contributed by atoms with Gasteiger partial charge < -0.3 is 5.11 Å². The van der Waals surface area contributed by atoms with Crippen LogP contribution in [0.2, 0.25) is 0 Å². The fraction of sp³-hybridized carbons (Fsp3) is 0.857. The maximum absolute atomic E-state index is 8.86. The zero-order chi connectivity index (χ0) is 14.4. The maximum atomic E-state index is 8.86. The molecule has 1 aromatic rings. The Morgan fingerprint density at radius 1 is 1.30 bits per heavy atom. The van der Waals surface area contributed by atoms with E-state index in [1.807, 2.05) is 11.8 Å². The van der Waals surface area contributed by atoms with Gasteiger partial charge in [-0.25, -0.2) is 0 Å². The molecule has 3 unspecified atom stereocenters. The first-order chi connectivity index (χ1) is 9.45. The van der Waals surface area contributed by atoms with E-state index in [-0.39, 0.29) is 6.61 Å². The summed E-state index contributed by atoms with van der Waals surface area (Å²) in [6.07, 6.45) is 4.05. The average molecular weight is 331 g/mol. The Labute approximate surface area is 133 Å². The van der Waals surface area contributed by atoms with E-state index in [0.29, 0.717) is 15.9 Å². The van der Waals surface area contributed by atoms with Crippen LogP contribution in [-0.4, -0.2) is 32.4 Å². The number of thioether (sulfide) groups is 2. The first-order valence-corrected chi connectivity index (χ1v) is 9.84. The highest BCUT2D eigenvalue weighted by atomic mass is 32.2. The van der Waals surface area contributed by atoms with Crippen molar-refractivity contribution in [1.82, 2.24) is 10.2 Å². The fourth-order valence-electron chi connectivity index (χ4n) is 3.93. The molecule has 0 saturated heterocycles. The van der Waals surface area contributed by atoms with E-state index in [4.69, 9.17) is 5.11 Å². The van der Waals surface area contributed by atoms with Crippen molar-refractivity contribution < 1.29 is 5.11 Å². The molecule has 4 rings (SSSR count). The van der Waals surface area contributed by atoms with Gasteiger partial charge in [-0.2, -0.15) is 0 Å². The summed E-state index contributed by atoms with van der Waals surface area (Å²) in [5.74, 6) is 2.44. The molecule has 1 aromatic heterocycles.